The quantitative estimate of drug-likeness (QED) is 0.619. The molecule has 1 aromatic heterocycles. The number of aromatic nitrogens is 3. The first-order valence-electron chi connectivity index (χ1n) is 3.64. The molecule has 0 aliphatic heterocycles. The highest BCUT2D eigenvalue weighted by atomic mass is 16.5. The average Bonchev–Trinajstić information content (AvgIpc) is 2.50. The van der Waals surface area contributed by atoms with Gasteiger partial charge in [-0.2, -0.15) is 0 Å². The molecular weight excluding hydrogens is 176 g/mol. The molecule has 0 saturated carbocycles. The van der Waals surface area contributed by atoms with Crippen LogP contribution in [0.1, 0.15) is 5.69 Å². The van der Waals surface area contributed by atoms with E-state index < -0.39 is 6.09 Å². The topological polar surface area (TPSA) is 103 Å². The van der Waals surface area contributed by atoms with E-state index in [1.165, 1.54) is 4.68 Å². The van der Waals surface area contributed by atoms with E-state index in [-0.39, 0.29) is 13.2 Å². The Morgan fingerprint density at radius 3 is 3.15 bits per heavy atom. The summed E-state index contributed by atoms with van der Waals surface area (Å²) in [4.78, 5) is 10.2. The molecule has 0 bridgehead atoms. The number of aliphatic hydroxyl groups is 1. The Morgan fingerprint density at radius 1 is 1.77 bits per heavy atom. The maximum atomic E-state index is 10.2. The fourth-order valence-corrected chi connectivity index (χ4v) is 0.761. The van der Waals surface area contributed by atoms with E-state index in [9.17, 15) is 4.79 Å². The van der Waals surface area contributed by atoms with E-state index in [1.807, 2.05) is 0 Å². The van der Waals surface area contributed by atoms with Gasteiger partial charge in [0, 0.05) is 0 Å². The zero-order valence-electron chi connectivity index (χ0n) is 6.88. The van der Waals surface area contributed by atoms with Crippen molar-refractivity contribution in [2.24, 2.45) is 5.73 Å². The molecule has 7 heteroatoms. The average molecular weight is 186 g/mol. The highest BCUT2D eigenvalue weighted by molar-refractivity contribution is 5.64. The molecule has 1 aromatic rings. The molecular formula is C6H10N4O3. The molecule has 0 aliphatic carbocycles. The molecule has 0 aliphatic rings. The lowest BCUT2D eigenvalue weighted by molar-refractivity contribution is 0.149. The Bertz CT molecular complexity index is 285. The molecule has 0 radical (unpaired) electrons. The summed E-state index contributed by atoms with van der Waals surface area (Å²) >= 11 is 0. The van der Waals surface area contributed by atoms with Crippen molar-refractivity contribution in [3.8, 4) is 0 Å². The molecule has 1 amide bonds. The van der Waals surface area contributed by atoms with E-state index in [2.05, 4.69) is 15.0 Å². The zero-order chi connectivity index (χ0) is 9.68. The van der Waals surface area contributed by atoms with Crippen molar-refractivity contribution in [1.82, 2.24) is 15.0 Å². The van der Waals surface area contributed by atoms with Crippen LogP contribution in [0.2, 0.25) is 0 Å². The number of aliphatic hydroxyl groups excluding tert-OH is 1. The smallest absolute Gasteiger partial charge is 0.404 e. The summed E-state index contributed by atoms with van der Waals surface area (Å²) in [6.07, 6.45) is 0.718. The number of carbonyl (C=O) groups excluding carboxylic acids is 1. The molecule has 72 valence electrons. The molecule has 0 unspecified atom stereocenters. The number of nitrogens with two attached hydrogens (primary N) is 1. The maximum absolute atomic E-state index is 10.2. The largest absolute Gasteiger partial charge is 0.443 e. The number of primary amides is 1. The number of amides is 1. The third kappa shape index (κ3) is 3.08. The van der Waals surface area contributed by atoms with E-state index in [4.69, 9.17) is 10.8 Å². The van der Waals surface area contributed by atoms with Gasteiger partial charge >= 0.3 is 6.09 Å². The van der Waals surface area contributed by atoms with Gasteiger partial charge in [-0.3, -0.25) is 0 Å². The standard InChI is InChI=1S/C6H10N4O3/c7-6(12)13-4-5-3-10(1-2-11)9-8-5/h3,11H,1-2,4H2,(H2,7,12). The summed E-state index contributed by atoms with van der Waals surface area (Å²) < 4.78 is 5.92. The van der Waals surface area contributed by atoms with E-state index in [0.29, 0.717) is 12.2 Å². The van der Waals surface area contributed by atoms with Gasteiger partial charge < -0.3 is 15.6 Å². The summed E-state index contributed by atoms with van der Waals surface area (Å²) in [6, 6.07) is 0. The summed E-state index contributed by atoms with van der Waals surface area (Å²) in [5.74, 6) is 0. The predicted octanol–water partition coefficient (Wildman–Crippen LogP) is -1.13. The second kappa shape index (κ2) is 4.41. The molecule has 0 spiro atoms. The van der Waals surface area contributed by atoms with E-state index in [1.54, 1.807) is 6.20 Å². The Balaban J connectivity index is 2.44. The van der Waals surface area contributed by atoms with Crippen molar-refractivity contribution < 1.29 is 14.6 Å². The second-order valence-corrected chi connectivity index (χ2v) is 2.30. The fraction of sp³-hybridized carbons (Fsp3) is 0.500. The van der Waals surface area contributed by atoms with Crippen LogP contribution in [0.25, 0.3) is 0 Å². The minimum Gasteiger partial charge on any atom is -0.443 e. The SMILES string of the molecule is NC(=O)OCc1cn(CCO)nn1. The summed E-state index contributed by atoms with van der Waals surface area (Å²) in [5.41, 5.74) is 5.24. The monoisotopic (exact) mass is 186 g/mol. The molecule has 0 aromatic carbocycles. The molecule has 13 heavy (non-hydrogen) atoms. The molecule has 0 fully saturated rings. The van der Waals surface area contributed by atoms with Gasteiger partial charge in [0.05, 0.1) is 19.3 Å². The third-order valence-corrected chi connectivity index (χ3v) is 1.28. The maximum Gasteiger partial charge on any atom is 0.404 e. The molecule has 3 N–H and O–H groups in total. The first kappa shape index (κ1) is 9.46. The number of hydrogen-bond donors (Lipinski definition) is 2. The number of hydrogen-bond acceptors (Lipinski definition) is 5. The first-order chi connectivity index (χ1) is 6.22. The highest BCUT2D eigenvalue weighted by Crippen LogP contribution is 1.95. The molecule has 0 saturated heterocycles. The van der Waals surface area contributed by atoms with Gasteiger partial charge in [0.25, 0.3) is 0 Å². The van der Waals surface area contributed by atoms with Crippen LogP contribution < -0.4 is 5.73 Å². The molecule has 1 rings (SSSR count). The van der Waals surface area contributed by atoms with Gasteiger partial charge in [-0.1, -0.05) is 5.21 Å². The lowest BCUT2D eigenvalue weighted by atomic mass is 10.5. The van der Waals surface area contributed by atoms with Gasteiger partial charge in [-0.25, -0.2) is 9.48 Å². The van der Waals surface area contributed by atoms with Crippen LogP contribution in [0.5, 0.6) is 0 Å². The zero-order valence-corrected chi connectivity index (χ0v) is 6.88. The Kier molecular flexibility index (Phi) is 3.21. The van der Waals surface area contributed by atoms with Crippen molar-refractivity contribution >= 4 is 6.09 Å². The van der Waals surface area contributed by atoms with Crippen molar-refractivity contribution in [3.05, 3.63) is 11.9 Å². The van der Waals surface area contributed by atoms with Crippen molar-refractivity contribution in [2.75, 3.05) is 6.61 Å². The predicted molar refractivity (Wildman–Crippen MR) is 41.5 cm³/mol. The minimum atomic E-state index is -0.850. The highest BCUT2D eigenvalue weighted by Gasteiger charge is 2.01. The van der Waals surface area contributed by atoms with Crippen LogP contribution in [-0.2, 0) is 17.9 Å². The third-order valence-electron chi connectivity index (χ3n) is 1.28. The van der Waals surface area contributed by atoms with Crippen molar-refractivity contribution in [3.63, 3.8) is 0 Å². The van der Waals surface area contributed by atoms with Crippen LogP contribution in [0.4, 0.5) is 4.79 Å². The Hall–Kier alpha value is -1.63. The van der Waals surface area contributed by atoms with Gasteiger partial charge in [0.15, 0.2) is 0 Å². The van der Waals surface area contributed by atoms with Crippen LogP contribution >= 0.6 is 0 Å². The first-order valence-corrected chi connectivity index (χ1v) is 3.64. The normalized spacial score (nSPS) is 9.92. The molecule has 7 nitrogen and oxygen atoms in total. The summed E-state index contributed by atoms with van der Waals surface area (Å²) in [7, 11) is 0. The van der Waals surface area contributed by atoms with Gasteiger partial charge in [-0.05, 0) is 0 Å². The molecule has 1 heterocycles. The number of nitrogens with zero attached hydrogens (tertiary/aromatic N) is 3. The molecule has 0 atom stereocenters. The van der Waals surface area contributed by atoms with Gasteiger partial charge in [0.1, 0.15) is 12.3 Å². The minimum absolute atomic E-state index is 0.000756. The van der Waals surface area contributed by atoms with Crippen LogP contribution in [0.15, 0.2) is 6.20 Å². The van der Waals surface area contributed by atoms with Crippen molar-refractivity contribution in [1.29, 1.82) is 0 Å². The number of ether oxygens (including phenoxy) is 1. The lowest BCUT2D eigenvalue weighted by Crippen LogP contribution is -2.12. The Morgan fingerprint density at radius 2 is 2.54 bits per heavy atom. The van der Waals surface area contributed by atoms with Crippen LogP contribution in [-0.4, -0.2) is 32.8 Å². The van der Waals surface area contributed by atoms with E-state index >= 15 is 0 Å². The van der Waals surface area contributed by atoms with Crippen LogP contribution in [0, 0.1) is 0 Å². The lowest BCUT2D eigenvalue weighted by Gasteiger charge is -1.95. The van der Waals surface area contributed by atoms with Crippen LogP contribution in [0.3, 0.4) is 0 Å². The fourth-order valence-electron chi connectivity index (χ4n) is 0.761. The van der Waals surface area contributed by atoms with Crippen molar-refractivity contribution in [2.45, 2.75) is 13.2 Å². The second-order valence-electron chi connectivity index (χ2n) is 2.30. The Labute approximate surface area is 74.1 Å². The van der Waals surface area contributed by atoms with Gasteiger partial charge in [-0.15, -0.1) is 5.10 Å². The summed E-state index contributed by atoms with van der Waals surface area (Å²) in [6.45, 7) is 0.351. The number of rotatable bonds is 4. The number of carbonyl (C=O) groups is 1. The van der Waals surface area contributed by atoms with E-state index in [0.717, 1.165) is 0 Å². The van der Waals surface area contributed by atoms with Gasteiger partial charge in [0.2, 0.25) is 0 Å². The summed E-state index contributed by atoms with van der Waals surface area (Å²) in [5, 5.41) is 15.9.